The molecule has 1 aromatic heterocycles. The number of likely N-dealkylation sites (N-methyl/N-ethyl adjacent to an activating group) is 1. The lowest BCUT2D eigenvalue weighted by atomic mass is 10.1. The molecule has 100 valence electrons. The second-order valence-corrected chi connectivity index (χ2v) is 5.18. The van der Waals surface area contributed by atoms with Gasteiger partial charge in [-0.05, 0) is 14.0 Å². The minimum Gasteiger partial charge on any atom is -0.319 e. The van der Waals surface area contributed by atoms with E-state index in [-0.39, 0.29) is 10.6 Å². The van der Waals surface area contributed by atoms with Gasteiger partial charge in [-0.15, -0.1) is 11.3 Å². The highest BCUT2D eigenvalue weighted by atomic mass is 32.1. The maximum atomic E-state index is 10.9. The van der Waals surface area contributed by atoms with Crippen LogP contribution in [0.5, 0.6) is 0 Å². The predicted octanol–water partition coefficient (Wildman–Crippen LogP) is 2.79. The van der Waals surface area contributed by atoms with E-state index in [0.717, 1.165) is 29.2 Å². The van der Waals surface area contributed by atoms with E-state index in [4.69, 9.17) is 0 Å². The number of aromatic nitrogens is 1. The van der Waals surface area contributed by atoms with Crippen LogP contribution in [-0.4, -0.2) is 23.5 Å². The molecule has 0 saturated heterocycles. The number of aryl methyl sites for hydroxylation is 1. The lowest BCUT2D eigenvalue weighted by molar-refractivity contribution is -0.385. The molecule has 1 heterocycles. The zero-order valence-electron chi connectivity index (χ0n) is 10.8. The molecule has 0 unspecified atom stereocenters. The van der Waals surface area contributed by atoms with Gasteiger partial charge in [0.1, 0.15) is 0 Å². The number of nitrogens with zero attached hydrogens (tertiary/aromatic N) is 2. The highest BCUT2D eigenvalue weighted by Crippen LogP contribution is 2.27. The van der Waals surface area contributed by atoms with Crippen LogP contribution < -0.4 is 5.32 Å². The van der Waals surface area contributed by atoms with E-state index in [2.05, 4.69) is 10.3 Å². The Bertz CT molecular complexity index is 595. The number of hydrogen-bond donors (Lipinski definition) is 1. The van der Waals surface area contributed by atoms with E-state index >= 15 is 0 Å². The standard InChI is InChI=1S/C13H15N3O2S/c1-9-3-4-10(7-12(9)16(17)18)11-8-19-13(15-11)5-6-14-2/h3-4,7-8,14H,5-6H2,1-2H3. The Balaban J connectivity index is 2.29. The van der Waals surface area contributed by atoms with Crippen molar-refractivity contribution in [3.8, 4) is 11.3 Å². The molecule has 19 heavy (non-hydrogen) atoms. The molecule has 0 aliphatic carbocycles. The molecule has 0 aliphatic heterocycles. The van der Waals surface area contributed by atoms with E-state index in [1.54, 1.807) is 30.4 Å². The van der Waals surface area contributed by atoms with Crippen LogP contribution in [0.4, 0.5) is 5.69 Å². The fourth-order valence-electron chi connectivity index (χ4n) is 1.76. The molecule has 0 spiro atoms. The second kappa shape index (κ2) is 5.90. The number of nitrogens with one attached hydrogen (secondary N) is 1. The third-order valence-corrected chi connectivity index (χ3v) is 3.75. The topological polar surface area (TPSA) is 68.1 Å². The molecule has 0 saturated carbocycles. The fourth-order valence-corrected chi connectivity index (χ4v) is 2.56. The smallest absolute Gasteiger partial charge is 0.272 e. The van der Waals surface area contributed by atoms with Crippen molar-refractivity contribution < 1.29 is 4.92 Å². The van der Waals surface area contributed by atoms with Crippen molar-refractivity contribution in [2.45, 2.75) is 13.3 Å². The minimum absolute atomic E-state index is 0.141. The number of rotatable bonds is 5. The van der Waals surface area contributed by atoms with E-state index in [1.807, 2.05) is 18.5 Å². The molecule has 1 N–H and O–H groups in total. The van der Waals surface area contributed by atoms with Gasteiger partial charge in [-0.25, -0.2) is 4.98 Å². The summed E-state index contributed by atoms with van der Waals surface area (Å²) < 4.78 is 0. The zero-order chi connectivity index (χ0) is 13.8. The van der Waals surface area contributed by atoms with Gasteiger partial charge in [-0.2, -0.15) is 0 Å². The average Bonchev–Trinajstić information content (AvgIpc) is 2.85. The van der Waals surface area contributed by atoms with Crippen LogP contribution in [0.3, 0.4) is 0 Å². The molecule has 2 rings (SSSR count). The van der Waals surface area contributed by atoms with Crippen LogP contribution in [0.1, 0.15) is 10.6 Å². The first kappa shape index (κ1) is 13.6. The van der Waals surface area contributed by atoms with Crippen LogP contribution in [0, 0.1) is 17.0 Å². The van der Waals surface area contributed by atoms with Gasteiger partial charge in [0.05, 0.1) is 15.6 Å². The lowest BCUT2D eigenvalue weighted by Crippen LogP contribution is -2.09. The Morgan fingerprint density at radius 3 is 2.95 bits per heavy atom. The van der Waals surface area contributed by atoms with Crippen molar-refractivity contribution in [3.05, 3.63) is 44.3 Å². The molecule has 0 atom stereocenters. The van der Waals surface area contributed by atoms with Gasteiger partial charge in [0.25, 0.3) is 5.69 Å². The Hall–Kier alpha value is -1.79. The van der Waals surface area contributed by atoms with Gasteiger partial charge in [-0.1, -0.05) is 12.1 Å². The summed E-state index contributed by atoms with van der Waals surface area (Å²) in [6, 6.07) is 5.23. The first-order valence-corrected chi connectivity index (χ1v) is 6.84. The summed E-state index contributed by atoms with van der Waals surface area (Å²) in [6.45, 7) is 2.61. The van der Waals surface area contributed by atoms with E-state index in [1.165, 1.54) is 0 Å². The highest BCUT2D eigenvalue weighted by molar-refractivity contribution is 7.09. The monoisotopic (exact) mass is 277 g/mol. The van der Waals surface area contributed by atoms with Crippen molar-refractivity contribution in [2.24, 2.45) is 0 Å². The number of nitro groups is 1. The fraction of sp³-hybridized carbons (Fsp3) is 0.308. The molecule has 6 heteroatoms. The summed E-state index contributed by atoms with van der Waals surface area (Å²) in [5.74, 6) is 0. The van der Waals surface area contributed by atoms with E-state index in [0.29, 0.717) is 5.56 Å². The molecule has 5 nitrogen and oxygen atoms in total. The van der Waals surface area contributed by atoms with Crippen molar-refractivity contribution in [3.63, 3.8) is 0 Å². The molecule has 0 amide bonds. The molecule has 2 aromatic rings. The summed E-state index contributed by atoms with van der Waals surface area (Å²) in [5.41, 5.74) is 2.41. The average molecular weight is 277 g/mol. The molecular formula is C13H15N3O2S. The first-order chi connectivity index (χ1) is 9.11. The van der Waals surface area contributed by atoms with Crippen molar-refractivity contribution in [2.75, 3.05) is 13.6 Å². The summed E-state index contributed by atoms with van der Waals surface area (Å²) in [6.07, 6.45) is 0.870. The maximum Gasteiger partial charge on any atom is 0.272 e. The number of hydrogen-bond acceptors (Lipinski definition) is 5. The van der Waals surface area contributed by atoms with Crippen LogP contribution in [-0.2, 0) is 6.42 Å². The molecule has 0 bridgehead atoms. The largest absolute Gasteiger partial charge is 0.319 e. The summed E-state index contributed by atoms with van der Waals surface area (Å²) >= 11 is 1.58. The van der Waals surface area contributed by atoms with Gasteiger partial charge >= 0.3 is 0 Å². The predicted molar refractivity (Wildman–Crippen MR) is 76.6 cm³/mol. The molecular weight excluding hydrogens is 262 g/mol. The van der Waals surface area contributed by atoms with Crippen LogP contribution >= 0.6 is 11.3 Å². The van der Waals surface area contributed by atoms with Crippen LogP contribution in [0.25, 0.3) is 11.3 Å². The van der Waals surface area contributed by atoms with Crippen molar-refractivity contribution in [1.82, 2.24) is 10.3 Å². The molecule has 0 radical (unpaired) electrons. The van der Waals surface area contributed by atoms with Gasteiger partial charge in [0.2, 0.25) is 0 Å². The zero-order valence-corrected chi connectivity index (χ0v) is 11.7. The van der Waals surface area contributed by atoms with Crippen molar-refractivity contribution >= 4 is 17.0 Å². The molecule has 0 aliphatic rings. The quantitative estimate of drug-likeness (QED) is 0.674. The van der Waals surface area contributed by atoms with E-state index < -0.39 is 0 Å². The van der Waals surface area contributed by atoms with Gasteiger partial charge in [0.15, 0.2) is 0 Å². The lowest BCUT2D eigenvalue weighted by Gasteiger charge is -2.00. The highest BCUT2D eigenvalue weighted by Gasteiger charge is 2.13. The van der Waals surface area contributed by atoms with Crippen molar-refractivity contribution in [1.29, 1.82) is 0 Å². The normalized spacial score (nSPS) is 10.6. The van der Waals surface area contributed by atoms with E-state index in [9.17, 15) is 10.1 Å². The Kier molecular flexibility index (Phi) is 4.24. The minimum atomic E-state index is -0.354. The second-order valence-electron chi connectivity index (χ2n) is 4.24. The molecule has 0 fully saturated rings. The Labute approximate surface area is 115 Å². The SMILES string of the molecule is CNCCc1nc(-c2ccc(C)c([N+](=O)[O-])c2)cs1. The van der Waals surface area contributed by atoms with Gasteiger partial charge in [-0.3, -0.25) is 10.1 Å². The third kappa shape index (κ3) is 3.15. The first-order valence-electron chi connectivity index (χ1n) is 5.96. The maximum absolute atomic E-state index is 10.9. The summed E-state index contributed by atoms with van der Waals surface area (Å²) in [7, 11) is 1.90. The van der Waals surface area contributed by atoms with Gasteiger partial charge in [0, 0.05) is 35.5 Å². The Morgan fingerprint density at radius 1 is 1.47 bits per heavy atom. The third-order valence-electron chi connectivity index (χ3n) is 2.84. The number of benzene rings is 1. The summed E-state index contributed by atoms with van der Waals surface area (Å²) in [5, 5.41) is 17.0. The Morgan fingerprint density at radius 2 is 2.26 bits per heavy atom. The number of nitro benzene ring substituents is 1. The molecule has 1 aromatic carbocycles. The van der Waals surface area contributed by atoms with Gasteiger partial charge < -0.3 is 5.32 Å². The van der Waals surface area contributed by atoms with Crippen LogP contribution in [0.2, 0.25) is 0 Å². The summed E-state index contributed by atoms with van der Waals surface area (Å²) in [4.78, 5) is 15.1. The van der Waals surface area contributed by atoms with Crippen LogP contribution in [0.15, 0.2) is 23.6 Å². The number of thiazole rings is 1.